The number of carboxylic acid groups (broad SMARTS) is 1. The fourth-order valence-corrected chi connectivity index (χ4v) is 0.0962. The van der Waals surface area contributed by atoms with Gasteiger partial charge in [0.15, 0.2) is 0 Å². The summed E-state index contributed by atoms with van der Waals surface area (Å²) in [5.41, 5.74) is 0. The molecular formula is C4H7KO3. The van der Waals surface area contributed by atoms with Crippen LogP contribution in [0.15, 0.2) is 0 Å². The molecule has 0 aliphatic rings. The molecule has 0 N–H and O–H groups in total. The third kappa shape index (κ3) is 5.21. The molecule has 0 rings (SSSR count). The largest absolute Gasteiger partial charge is 1.00 e. The van der Waals surface area contributed by atoms with Crippen molar-refractivity contribution in [3.8, 4) is 0 Å². The van der Waals surface area contributed by atoms with E-state index < -0.39 is 12.1 Å². The van der Waals surface area contributed by atoms with Crippen LogP contribution in [-0.4, -0.2) is 19.2 Å². The second kappa shape index (κ2) is 6.19. The average Bonchev–Trinajstić information content (AvgIpc) is 1.65. The number of hydrogen-bond donors (Lipinski definition) is 0. The maximum atomic E-state index is 9.69. The quantitative estimate of drug-likeness (QED) is 0.367. The predicted molar refractivity (Wildman–Crippen MR) is 21.5 cm³/mol. The summed E-state index contributed by atoms with van der Waals surface area (Å²) in [5, 5.41) is 9.69. The molecule has 1 atom stereocenters. The van der Waals surface area contributed by atoms with Gasteiger partial charge < -0.3 is 14.6 Å². The summed E-state index contributed by atoms with van der Waals surface area (Å²) in [5.74, 6) is -1.18. The zero-order valence-electron chi connectivity index (χ0n) is 5.30. The van der Waals surface area contributed by atoms with E-state index in [-0.39, 0.29) is 51.4 Å². The van der Waals surface area contributed by atoms with Crippen molar-refractivity contribution in [1.82, 2.24) is 0 Å². The van der Waals surface area contributed by atoms with Crippen LogP contribution in [0.1, 0.15) is 6.92 Å². The van der Waals surface area contributed by atoms with Gasteiger partial charge >= 0.3 is 51.4 Å². The van der Waals surface area contributed by atoms with Gasteiger partial charge in [-0.05, 0) is 6.92 Å². The van der Waals surface area contributed by atoms with Gasteiger partial charge in [-0.2, -0.15) is 0 Å². The number of ether oxygens (including phenoxy) is 1. The van der Waals surface area contributed by atoms with Gasteiger partial charge in [-0.3, -0.25) is 0 Å². The van der Waals surface area contributed by atoms with Crippen molar-refractivity contribution in [2.24, 2.45) is 0 Å². The molecule has 0 spiro atoms. The van der Waals surface area contributed by atoms with Crippen molar-refractivity contribution >= 4 is 5.97 Å². The van der Waals surface area contributed by atoms with Crippen LogP contribution in [0.4, 0.5) is 0 Å². The van der Waals surface area contributed by atoms with Crippen LogP contribution >= 0.6 is 0 Å². The first-order valence-electron chi connectivity index (χ1n) is 1.92. The van der Waals surface area contributed by atoms with E-state index >= 15 is 0 Å². The fraction of sp³-hybridized carbons (Fsp3) is 0.750. The second-order valence-electron chi connectivity index (χ2n) is 1.20. The van der Waals surface area contributed by atoms with Gasteiger partial charge in [0.25, 0.3) is 0 Å². The first-order chi connectivity index (χ1) is 3.18. The monoisotopic (exact) mass is 142 g/mol. The van der Waals surface area contributed by atoms with Crippen LogP contribution in [0, 0.1) is 0 Å². The summed E-state index contributed by atoms with van der Waals surface area (Å²) in [6.07, 6.45) is -0.792. The van der Waals surface area contributed by atoms with E-state index in [0.717, 1.165) is 0 Å². The van der Waals surface area contributed by atoms with Gasteiger partial charge in [0, 0.05) is 7.11 Å². The summed E-state index contributed by atoms with van der Waals surface area (Å²) in [6.45, 7) is 1.41. The molecule has 0 radical (unpaired) electrons. The van der Waals surface area contributed by atoms with Gasteiger partial charge in [-0.25, -0.2) is 0 Å². The molecule has 0 fully saturated rings. The maximum Gasteiger partial charge on any atom is 1.00 e. The standard InChI is InChI=1S/C4H8O3.K/c1-3(7-2)4(5)6;/h3H,1-2H3,(H,5,6);/q;+1/p-1. The van der Waals surface area contributed by atoms with E-state index in [1.807, 2.05) is 0 Å². The van der Waals surface area contributed by atoms with Gasteiger partial charge in [0.05, 0.1) is 12.1 Å². The Morgan fingerprint density at radius 2 is 2.12 bits per heavy atom. The van der Waals surface area contributed by atoms with Crippen LogP contribution in [0.25, 0.3) is 0 Å². The third-order valence-corrected chi connectivity index (χ3v) is 0.685. The van der Waals surface area contributed by atoms with Crippen LogP contribution in [0.5, 0.6) is 0 Å². The summed E-state index contributed by atoms with van der Waals surface area (Å²) in [6, 6.07) is 0. The minimum absolute atomic E-state index is 0. The predicted octanol–water partition coefficient (Wildman–Crippen LogP) is -4.22. The van der Waals surface area contributed by atoms with Crippen molar-refractivity contribution < 1.29 is 66.0 Å². The minimum atomic E-state index is -1.18. The van der Waals surface area contributed by atoms with Crippen LogP contribution < -0.4 is 56.5 Å². The van der Waals surface area contributed by atoms with Crippen molar-refractivity contribution in [3.05, 3.63) is 0 Å². The third-order valence-electron chi connectivity index (χ3n) is 0.685. The van der Waals surface area contributed by atoms with Crippen LogP contribution in [-0.2, 0) is 9.53 Å². The summed E-state index contributed by atoms with van der Waals surface area (Å²) < 4.78 is 4.35. The van der Waals surface area contributed by atoms with Gasteiger partial charge in [0.1, 0.15) is 0 Å². The molecule has 0 aliphatic heterocycles. The van der Waals surface area contributed by atoms with Crippen molar-refractivity contribution in [1.29, 1.82) is 0 Å². The molecule has 0 saturated heterocycles. The number of carboxylic acids is 1. The number of rotatable bonds is 2. The number of carbonyl (C=O) groups is 1. The molecular weight excluding hydrogens is 135 g/mol. The zero-order chi connectivity index (χ0) is 5.86. The fourth-order valence-electron chi connectivity index (χ4n) is 0.0962. The smallest absolute Gasteiger partial charge is 0.547 e. The number of hydrogen-bond acceptors (Lipinski definition) is 3. The number of aliphatic carboxylic acids is 1. The van der Waals surface area contributed by atoms with E-state index in [2.05, 4.69) is 4.74 Å². The van der Waals surface area contributed by atoms with E-state index in [0.29, 0.717) is 0 Å². The van der Waals surface area contributed by atoms with Gasteiger partial charge in [0.2, 0.25) is 0 Å². The van der Waals surface area contributed by atoms with Crippen molar-refractivity contribution in [2.45, 2.75) is 13.0 Å². The molecule has 0 aromatic heterocycles. The van der Waals surface area contributed by atoms with Gasteiger partial charge in [-0.15, -0.1) is 0 Å². The van der Waals surface area contributed by atoms with Crippen LogP contribution in [0.2, 0.25) is 0 Å². The average molecular weight is 142 g/mol. The SMILES string of the molecule is COC(C)C(=O)[O-].[K+]. The molecule has 0 heterocycles. The number of carbonyl (C=O) groups excluding carboxylic acids is 1. The Morgan fingerprint density at radius 1 is 1.75 bits per heavy atom. The molecule has 3 nitrogen and oxygen atoms in total. The second-order valence-corrected chi connectivity index (χ2v) is 1.20. The van der Waals surface area contributed by atoms with Crippen LogP contribution in [0.3, 0.4) is 0 Å². The molecule has 1 unspecified atom stereocenters. The van der Waals surface area contributed by atoms with Crippen molar-refractivity contribution in [3.63, 3.8) is 0 Å². The molecule has 0 amide bonds. The molecule has 0 bridgehead atoms. The Balaban J connectivity index is 0. The summed E-state index contributed by atoms with van der Waals surface area (Å²) in [7, 11) is 1.32. The normalized spacial score (nSPS) is 11.8. The molecule has 0 aliphatic carbocycles. The molecule has 4 heteroatoms. The first-order valence-corrected chi connectivity index (χ1v) is 1.92. The summed E-state index contributed by atoms with van der Waals surface area (Å²) >= 11 is 0. The first kappa shape index (κ1) is 11.8. The Bertz CT molecular complexity index is 73.7. The Kier molecular flexibility index (Phi) is 9.14. The molecule has 42 valence electrons. The molecule has 8 heavy (non-hydrogen) atoms. The number of methoxy groups -OCH3 is 1. The molecule has 0 aromatic carbocycles. The Hall–Kier alpha value is 1.07. The minimum Gasteiger partial charge on any atom is -0.547 e. The topological polar surface area (TPSA) is 49.4 Å². The van der Waals surface area contributed by atoms with Gasteiger partial charge in [-0.1, -0.05) is 0 Å². The van der Waals surface area contributed by atoms with E-state index in [9.17, 15) is 9.90 Å². The molecule has 0 aromatic rings. The van der Waals surface area contributed by atoms with Crippen molar-refractivity contribution in [2.75, 3.05) is 7.11 Å². The zero-order valence-corrected chi connectivity index (χ0v) is 8.43. The van der Waals surface area contributed by atoms with E-state index in [4.69, 9.17) is 0 Å². The van der Waals surface area contributed by atoms with E-state index in [1.54, 1.807) is 0 Å². The maximum absolute atomic E-state index is 9.69. The van der Waals surface area contributed by atoms with E-state index in [1.165, 1.54) is 14.0 Å². The summed E-state index contributed by atoms with van der Waals surface area (Å²) in [4.78, 5) is 9.69. The Morgan fingerprint density at radius 3 is 2.12 bits per heavy atom. The molecule has 0 saturated carbocycles. The Labute approximate surface area is 90.8 Å².